The normalized spacial score (nSPS) is 15.1. The highest BCUT2D eigenvalue weighted by atomic mass is 16.6. The van der Waals surface area contributed by atoms with Gasteiger partial charge in [-0.15, -0.1) is 0 Å². The molecule has 0 fully saturated rings. The van der Waals surface area contributed by atoms with Crippen molar-refractivity contribution in [1.29, 1.82) is 0 Å². The molecule has 2 heterocycles. The number of carbonyl (C=O) groups excluding carboxylic acids is 2. The van der Waals surface area contributed by atoms with Crippen LogP contribution in [0.3, 0.4) is 0 Å². The summed E-state index contributed by atoms with van der Waals surface area (Å²) in [6, 6.07) is 15.9. The minimum Gasteiger partial charge on any atom is -0.475 e. The number of ether oxygens (including phenoxy) is 2. The van der Waals surface area contributed by atoms with Gasteiger partial charge in [0.25, 0.3) is 11.6 Å². The highest BCUT2D eigenvalue weighted by molar-refractivity contribution is 6.06. The topological polar surface area (TPSA) is 112 Å². The quantitative estimate of drug-likeness (QED) is 0.361. The molecule has 0 spiro atoms. The smallest absolute Gasteiger partial charge is 0.349 e. The number of fused-ring (bicyclic) bond motifs is 1. The van der Waals surface area contributed by atoms with Crippen LogP contribution in [0.4, 0.5) is 11.4 Å². The van der Waals surface area contributed by atoms with E-state index in [1.807, 2.05) is 0 Å². The number of anilines is 1. The maximum absolute atomic E-state index is 12.8. The molecule has 1 atom stereocenters. The summed E-state index contributed by atoms with van der Waals surface area (Å²) < 4.78 is 16.2. The van der Waals surface area contributed by atoms with Gasteiger partial charge in [0.15, 0.2) is 5.76 Å². The average Bonchev–Trinajstić information content (AvgIpc) is 3.31. The maximum atomic E-state index is 12.8. The second-order valence-corrected chi connectivity index (χ2v) is 6.46. The third-order valence-corrected chi connectivity index (χ3v) is 4.57. The Hall–Kier alpha value is -4.14. The van der Waals surface area contributed by atoms with Crippen molar-refractivity contribution in [1.82, 2.24) is 0 Å². The van der Waals surface area contributed by atoms with Gasteiger partial charge in [-0.25, -0.2) is 4.79 Å². The summed E-state index contributed by atoms with van der Waals surface area (Å²) in [4.78, 5) is 37.4. The number of hydrogen-bond acceptors (Lipinski definition) is 7. The molecule has 0 saturated heterocycles. The van der Waals surface area contributed by atoms with E-state index in [0.29, 0.717) is 11.4 Å². The van der Waals surface area contributed by atoms with Crippen molar-refractivity contribution in [3.63, 3.8) is 0 Å². The minimum atomic E-state index is -1.10. The van der Waals surface area contributed by atoms with Gasteiger partial charge < -0.3 is 13.9 Å². The van der Waals surface area contributed by atoms with Gasteiger partial charge in [-0.1, -0.05) is 24.3 Å². The summed E-state index contributed by atoms with van der Waals surface area (Å²) >= 11 is 0. The van der Waals surface area contributed by atoms with Gasteiger partial charge in [-0.05, 0) is 30.3 Å². The molecule has 3 aromatic rings. The first kappa shape index (κ1) is 19.2. The average molecular weight is 408 g/mol. The fourth-order valence-corrected chi connectivity index (χ4v) is 3.14. The van der Waals surface area contributed by atoms with Crippen molar-refractivity contribution < 1.29 is 28.4 Å². The van der Waals surface area contributed by atoms with Crippen molar-refractivity contribution in [3.05, 3.63) is 88.4 Å². The second kappa shape index (κ2) is 8.08. The van der Waals surface area contributed by atoms with E-state index in [2.05, 4.69) is 0 Å². The van der Waals surface area contributed by atoms with Crippen molar-refractivity contribution in [2.24, 2.45) is 0 Å². The van der Waals surface area contributed by atoms with Crippen LogP contribution in [-0.4, -0.2) is 29.4 Å². The summed E-state index contributed by atoms with van der Waals surface area (Å²) in [5, 5.41) is 11.1. The van der Waals surface area contributed by atoms with Crippen LogP contribution in [0.1, 0.15) is 16.1 Å². The molecule has 0 N–H and O–H groups in total. The van der Waals surface area contributed by atoms with Crippen LogP contribution in [0.15, 0.2) is 71.3 Å². The van der Waals surface area contributed by atoms with Crippen molar-refractivity contribution >= 4 is 23.3 Å². The molecule has 0 aliphatic carbocycles. The van der Waals surface area contributed by atoms with Gasteiger partial charge >= 0.3 is 5.97 Å². The Labute approximate surface area is 170 Å². The van der Waals surface area contributed by atoms with Gasteiger partial charge in [0.2, 0.25) is 6.10 Å². The molecule has 0 saturated carbocycles. The van der Waals surface area contributed by atoms with Gasteiger partial charge in [-0.3, -0.25) is 19.8 Å². The number of benzene rings is 2. The zero-order valence-corrected chi connectivity index (χ0v) is 15.6. The van der Waals surface area contributed by atoms with E-state index in [9.17, 15) is 19.7 Å². The summed E-state index contributed by atoms with van der Waals surface area (Å²) in [6.07, 6.45) is 0.291. The standard InChI is InChI=1S/C21H16N2O7/c24-20(18-10-5-11-28-18)22-12-19(30-17-9-4-3-8-16(17)22)21(25)29-13-14-6-1-2-7-15(14)23(26)27/h1-11,19H,12-13H2. The number of carbonyl (C=O) groups is 2. The molecule has 152 valence electrons. The lowest BCUT2D eigenvalue weighted by molar-refractivity contribution is -0.385. The number of hydrogen-bond donors (Lipinski definition) is 0. The highest BCUT2D eigenvalue weighted by Crippen LogP contribution is 2.34. The molecule has 2 aromatic carbocycles. The maximum Gasteiger partial charge on any atom is 0.349 e. The van der Waals surface area contributed by atoms with Crippen molar-refractivity contribution in [3.8, 4) is 5.75 Å². The molecule has 1 aliphatic rings. The first-order chi connectivity index (χ1) is 14.5. The van der Waals surface area contributed by atoms with Crippen LogP contribution in [0.2, 0.25) is 0 Å². The van der Waals surface area contributed by atoms with Gasteiger partial charge in [-0.2, -0.15) is 0 Å². The van der Waals surface area contributed by atoms with E-state index in [0.717, 1.165) is 0 Å². The SMILES string of the molecule is O=C(OCc1ccccc1[N+](=O)[O-])C1CN(C(=O)c2ccco2)c2ccccc2O1. The molecule has 30 heavy (non-hydrogen) atoms. The lowest BCUT2D eigenvalue weighted by Crippen LogP contribution is -2.47. The number of furan rings is 1. The fourth-order valence-electron chi connectivity index (χ4n) is 3.14. The second-order valence-electron chi connectivity index (χ2n) is 6.46. The Morgan fingerprint density at radius 2 is 1.87 bits per heavy atom. The molecule has 1 aliphatic heterocycles. The molecule has 4 rings (SSSR count). The minimum absolute atomic E-state index is 0.0910. The zero-order chi connectivity index (χ0) is 21.1. The molecular weight excluding hydrogens is 392 g/mol. The van der Waals surface area contributed by atoms with E-state index in [-0.39, 0.29) is 30.2 Å². The molecule has 1 amide bonds. The number of esters is 1. The Morgan fingerprint density at radius 3 is 2.63 bits per heavy atom. The van der Waals surface area contributed by atoms with E-state index in [1.165, 1.54) is 35.4 Å². The molecule has 0 bridgehead atoms. The van der Waals surface area contributed by atoms with Crippen molar-refractivity contribution in [2.75, 3.05) is 11.4 Å². The first-order valence-corrected chi connectivity index (χ1v) is 9.04. The molecule has 1 aromatic heterocycles. The highest BCUT2D eigenvalue weighted by Gasteiger charge is 2.36. The number of amides is 1. The van der Waals surface area contributed by atoms with Crippen LogP contribution in [0.5, 0.6) is 5.75 Å². The van der Waals surface area contributed by atoms with Crippen LogP contribution < -0.4 is 9.64 Å². The monoisotopic (exact) mass is 408 g/mol. The van der Waals surface area contributed by atoms with E-state index < -0.39 is 22.9 Å². The molecular formula is C21H16N2O7. The van der Waals surface area contributed by atoms with Crippen LogP contribution >= 0.6 is 0 Å². The molecule has 0 radical (unpaired) electrons. The zero-order valence-electron chi connectivity index (χ0n) is 15.6. The van der Waals surface area contributed by atoms with Gasteiger partial charge in [0.1, 0.15) is 12.4 Å². The third-order valence-electron chi connectivity index (χ3n) is 4.57. The predicted molar refractivity (Wildman–Crippen MR) is 104 cm³/mol. The van der Waals surface area contributed by atoms with E-state index in [4.69, 9.17) is 13.9 Å². The number of rotatable bonds is 5. The first-order valence-electron chi connectivity index (χ1n) is 9.04. The van der Waals surface area contributed by atoms with Crippen LogP contribution in [-0.2, 0) is 16.1 Å². The Balaban J connectivity index is 1.53. The number of nitrogens with zero attached hydrogens (tertiary/aromatic N) is 2. The third kappa shape index (κ3) is 3.72. The molecule has 9 nitrogen and oxygen atoms in total. The summed E-state index contributed by atoms with van der Waals surface area (Å²) in [7, 11) is 0. The Bertz CT molecular complexity index is 1090. The number of nitro benzene ring substituents is 1. The largest absolute Gasteiger partial charge is 0.475 e. The fraction of sp³-hybridized carbons (Fsp3) is 0.143. The van der Waals surface area contributed by atoms with Gasteiger partial charge in [0.05, 0.1) is 29.0 Å². The van der Waals surface area contributed by atoms with Gasteiger partial charge in [0, 0.05) is 6.07 Å². The van der Waals surface area contributed by atoms with Crippen LogP contribution in [0, 0.1) is 10.1 Å². The van der Waals surface area contributed by atoms with Crippen molar-refractivity contribution in [2.45, 2.75) is 12.7 Å². The van der Waals surface area contributed by atoms with E-state index >= 15 is 0 Å². The summed E-state index contributed by atoms with van der Waals surface area (Å²) in [5.74, 6) is -0.692. The summed E-state index contributed by atoms with van der Waals surface area (Å²) in [6.45, 7) is -0.379. The van der Waals surface area contributed by atoms with Crippen LogP contribution in [0.25, 0.3) is 0 Å². The Kier molecular flexibility index (Phi) is 5.17. The predicted octanol–water partition coefficient (Wildman–Crippen LogP) is 3.34. The molecule has 1 unspecified atom stereocenters. The lowest BCUT2D eigenvalue weighted by atomic mass is 10.1. The van der Waals surface area contributed by atoms with E-state index in [1.54, 1.807) is 36.4 Å². The number of para-hydroxylation sites is 3. The summed E-state index contributed by atoms with van der Waals surface area (Å²) in [5.41, 5.74) is 0.618. The molecule has 9 heteroatoms. The lowest BCUT2D eigenvalue weighted by Gasteiger charge is -2.33. The Morgan fingerprint density at radius 1 is 1.10 bits per heavy atom. The number of nitro groups is 1.